The molecule has 0 saturated carbocycles. The number of carboxylic acids is 1. The fourth-order valence-electron chi connectivity index (χ4n) is 1.83. The summed E-state index contributed by atoms with van der Waals surface area (Å²) in [6.45, 7) is 9.63. The van der Waals surface area contributed by atoms with Crippen molar-refractivity contribution in [2.45, 2.75) is 53.1 Å². The van der Waals surface area contributed by atoms with E-state index in [1.165, 1.54) is 9.80 Å². The zero-order chi connectivity index (χ0) is 16.6. The molecule has 0 radical (unpaired) electrons. The van der Waals surface area contributed by atoms with Gasteiger partial charge in [-0.25, -0.2) is 4.79 Å². The summed E-state index contributed by atoms with van der Waals surface area (Å²) in [6.07, 6.45) is -0.111. The highest BCUT2D eigenvalue weighted by Crippen LogP contribution is 2.06. The number of carboxylic acid groups (broad SMARTS) is 1. The molecule has 0 unspecified atom stereocenters. The van der Waals surface area contributed by atoms with Crippen molar-refractivity contribution in [2.24, 2.45) is 0 Å². The minimum atomic E-state index is -0.950. The van der Waals surface area contributed by atoms with Crippen LogP contribution in [0, 0.1) is 0 Å². The molecule has 0 fully saturated rings. The summed E-state index contributed by atoms with van der Waals surface area (Å²) in [5, 5.41) is 11.5. The third-order valence-corrected chi connectivity index (χ3v) is 2.87. The predicted molar refractivity (Wildman–Crippen MR) is 80.0 cm³/mol. The van der Waals surface area contributed by atoms with Gasteiger partial charge in [-0.3, -0.25) is 9.59 Å². The Labute approximate surface area is 126 Å². The van der Waals surface area contributed by atoms with Crippen molar-refractivity contribution in [3.05, 3.63) is 0 Å². The smallest absolute Gasteiger partial charge is 0.320 e. The van der Waals surface area contributed by atoms with Crippen LogP contribution in [0.2, 0.25) is 0 Å². The molecular formula is C14H27N3O4. The first-order valence-electron chi connectivity index (χ1n) is 7.25. The normalized spacial score (nSPS) is 10.6. The molecule has 0 aromatic carbocycles. The van der Waals surface area contributed by atoms with E-state index in [1.807, 2.05) is 27.7 Å². The summed E-state index contributed by atoms with van der Waals surface area (Å²) in [4.78, 5) is 37.8. The molecule has 3 amide bonds. The minimum Gasteiger partial charge on any atom is -0.481 e. The second-order valence-corrected chi connectivity index (χ2v) is 5.45. The number of carbonyl (C=O) groups excluding carboxylic acids is 2. The van der Waals surface area contributed by atoms with Crippen molar-refractivity contribution in [3.8, 4) is 0 Å². The van der Waals surface area contributed by atoms with E-state index >= 15 is 0 Å². The third kappa shape index (κ3) is 7.53. The van der Waals surface area contributed by atoms with Gasteiger partial charge in [0.2, 0.25) is 5.91 Å². The number of nitrogens with one attached hydrogen (secondary N) is 1. The van der Waals surface area contributed by atoms with Crippen LogP contribution in [-0.4, -0.2) is 64.5 Å². The average molecular weight is 301 g/mol. The number of urea groups is 1. The van der Waals surface area contributed by atoms with E-state index in [1.54, 1.807) is 6.92 Å². The summed E-state index contributed by atoms with van der Waals surface area (Å²) in [5.41, 5.74) is 0. The molecule has 0 rings (SSSR count). The zero-order valence-corrected chi connectivity index (χ0v) is 13.5. The van der Waals surface area contributed by atoms with Gasteiger partial charge in [0, 0.05) is 25.2 Å². The van der Waals surface area contributed by atoms with Crippen LogP contribution in [0.5, 0.6) is 0 Å². The van der Waals surface area contributed by atoms with Crippen molar-refractivity contribution in [2.75, 3.05) is 19.6 Å². The molecule has 7 nitrogen and oxygen atoms in total. The monoisotopic (exact) mass is 301 g/mol. The number of hydrogen-bond donors (Lipinski definition) is 2. The van der Waals surface area contributed by atoms with E-state index in [9.17, 15) is 14.4 Å². The molecule has 0 aromatic rings. The van der Waals surface area contributed by atoms with Crippen molar-refractivity contribution >= 4 is 17.9 Å². The fourth-order valence-corrected chi connectivity index (χ4v) is 1.83. The Balaban J connectivity index is 4.76. The number of aliphatic carboxylic acids is 1. The van der Waals surface area contributed by atoms with Crippen LogP contribution in [0.1, 0.15) is 41.0 Å². The molecule has 122 valence electrons. The lowest BCUT2D eigenvalue weighted by atomic mass is 10.3. The lowest BCUT2D eigenvalue weighted by Gasteiger charge is -2.32. The highest BCUT2D eigenvalue weighted by molar-refractivity contribution is 5.84. The van der Waals surface area contributed by atoms with Gasteiger partial charge in [-0.1, -0.05) is 0 Å². The van der Waals surface area contributed by atoms with Crippen molar-refractivity contribution in [3.63, 3.8) is 0 Å². The Morgan fingerprint density at radius 3 is 2.10 bits per heavy atom. The molecule has 0 heterocycles. The highest BCUT2D eigenvalue weighted by atomic mass is 16.4. The first-order valence-corrected chi connectivity index (χ1v) is 7.25. The second kappa shape index (κ2) is 9.20. The SMILES string of the molecule is CCN(CC(=O)NC(C)C)C(=O)N(CCC(=O)O)C(C)C. The highest BCUT2D eigenvalue weighted by Gasteiger charge is 2.24. The molecule has 0 aliphatic carbocycles. The van der Waals surface area contributed by atoms with Crippen LogP contribution in [0.4, 0.5) is 4.79 Å². The van der Waals surface area contributed by atoms with E-state index in [0.717, 1.165) is 0 Å². The van der Waals surface area contributed by atoms with Gasteiger partial charge in [-0.05, 0) is 34.6 Å². The Hall–Kier alpha value is -1.79. The summed E-state index contributed by atoms with van der Waals surface area (Å²) >= 11 is 0. The van der Waals surface area contributed by atoms with Crippen LogP contribution >= 0.6 is 0 Å². The molecule has 0 saturated heterocycles. The van der Waals surface area contributed by atoms with Gasteiger partial charge in [0.25, 0.3) is 0 Å². The van der Waals surface area contributed by atoms with Gasteiger partial charge in [0.15, 0.2) is 0 Å². The largest absolute Gasteiger partial charge is 0.481 e. The van der Waals surface area contributed by atoms with Crippen LogP contribution in [0.15, 0.2) is 0 Å². The van der Waals surface area contributed by atoms with E-state index < -0.39 is 5.97 Å². The first kappa shape index (κ1) is 19.2. The Morgan fingerprint density at radius 1 is 1.14 bits per heavy atom. The second-order valence-electron chi connectivity index (χ2n) is 5.45. The number of carbonyl (C=O) groups is 3. The maximum absolute atomic E-state index is 12.4. The number of likely N-dealkylation sites (N-methyl/N-ethyl adjacent to an activating group) is 1. The number of rotatable bonds is 8. The molecule has 21 heavy (non-hydrogen) atoms. The fraction of sp³-hybridized carbons (Fsp3) is 0.786. The van der Waals surface area contributed by atoms with Crippen LogP contribution in [-0.2, 0) is 9.59 Å². The molecule has 0 aliphatic rings. The summed E-state index contributed by atoms with van der Waals surface area (Å²) < 4.78 is 0. The summed E-state index contributed by atoms with van der Waals surface area (Å²) in [5.74, 6) is -1.17. The van der Waals surface area contributed by atoms with Gasteiger partial charge < -0.3 is 20.2 Å². The minimum absolute atomic E-state index is 0.0134. The first-order chi connectivity index (χ1) is 9.68. The van der Waals surface area contributed by atoms with Crippen LogP contribution in [0.3, 0.4) is 0 Å². The maximum atomic E-state index is 12.4. The van der Waals surface area contributed by atoms with Gasteiger partial charge in [0.05, 0.1) is 6.42 Å². The molecule has 0 bridgehead atoms. The zero-order valence-electron chi connectivity index (χ0n) is 13.5. The maximum Gasteiger partial charge on any atom is 0.320 e. The predicted octanol–water partition coefficient (Wildman–Crippen LogP) is 1.14. The van der Waals surface area contributed by atoms with E-state index in [2.05, 4.69) is 5.32 Å². The quantitative estimate of drug-likeness (QED) is 0.703. The van der Waals surface area contributed by atoms with Gasteiger partial charge >= 0.3 is 12.0 Å². The van der Waals surface area contributed by atoms with Crippen LogP contribution < -0.4 is 5.32 Å². The van der Waals surface area contributed by atoms with E-state index in [0.29, 0.717) is 6.54 Å². The third-order valence-electron chi connectivity index (χ3n) is 2.87. The Bertz CT molecular complexity index is 369. The molecule has 7 heteroatoms. The van der Waals surface area contributed by atoms with Gasteiger partial charge in [-0.15, -0.1) is 0 Å². The average Bonchev–Trinajstić information content (AvgIpc) is 2.34. The van der Waals surface area contributed by atoms with Crippen molar-refractivity contribution in [1.29, 1.82) is 0 Å². The molecule has 0 aromatic heterocycles. The lowest BCUT2D eigenvalue weighted by molar-refractivity contribution is -0.137. The topological polar surface area (TPSA) is 90.0 Å². The van der Waals surface area contributed by atoms with Crippen molar-refractivity contribution < 1.29 is 19.5 Å². The number of hydrogen-bond acceptors (Lipinski definition) is 3. The molecule has 0 atom stereocenters. The summed E-state index contributed by atoms with van der Waals surface area (Å²) in [6, 6.07) is -0.425. The van der Waals surface area contributed by atoms with E-state index in [-0.39, 0.29) is 43.5 Å². The lowest BCUT2D eigenvalue weighted by Crippen LogP contribution is -2.50. The number of amides is 3. The van der Waals surface area contributed by atoms with E-state index in [4.69, 9.17) is 5.11 Å². The Morgan fingerprint density at radius 2 is 1.71 bits per heavy atom. The molecule has 0 spiro atoms. The molecular weight excluding hydrogens is 274 g/mol. The van der Waals surface area contributed by atoms with Gasteiger partial charge in [-0.2, -0.15) is 0 Å². The van der Waals surface area contributed by atoms with Crippen molar-refractivity contribution in [1.82, 2.24) is 15.1 Å². The van der Waals surface area contributed by atoms with Gasteiger partial charge in [0.1, 0.15) is 6.54 Å². The molecule has 0 aliphatic heterocycles. The summed E-state index contributed by atoms with van der Waals surface area (Å²) in [7, 11) is 0. The molecule has 2 N–H and O–H groups in total. The number of nitrogens with zero attached hydrogens (tertiary/aromatic N) is 2. The Kier molecular flexibility index (Phi) is 8.42. The van der Waals surface area contributed by atoms with Crippen LogP contribution in [0.25, 0.3) is 0 Å². The standard InChI is InChI=1S/C14H27N3O4/c1-6-16(9-12(18)15-10(2)3)14(21)17(11(4)5)8-7-13(19)20/h10-11H,6-9H2,1-5H3,(H,15,18)(H,19,20).